The summed E-state index contributed by atoms with van der Waals surface area (Å²) >= 11 is 0. The van der Waals surface area contributed by atoms with Crippen molar-refractivity contribution in [3.8, 4) is 11.3 Å². The normalized spacial score (nSPS) is 16.1. The minimum absolute atomic E-state index is 0.0311. The predicted octanol–water partition coefficient (Wildman–Crippen LogP) is 2.32. The van der Waals surface area contributed by atoms with Crippen LogP contribution in [0.4, 0.5) is 5.69 Å². The number of nitrogens with two attached hydrogens (primary N) is 1. The Bertz CT molecular complexity index is 695. The van der Waals surface area contributed by atoms with Gasteiger partial charge in [0.1, 0.15) is 11.5 Å². The highest BCUT2D eigenvalue weighted by Crippen LogP contribution is 2.23. The summed E-state index contributed by atoms with van der Waals surface area (Å²) in [5.74, 6) is 1.46. The monoisotopic (exact) mass is 311 g/mol. The Kier molecular flexibility index (Phi) is 4.48. The lowest BCUT2D eigenvalue weighted by Crippen LogP contribution is -2.46. The molecule has 0 atom stereocenters. The number of amides is 1. The zero-order valence-electron chi connectivity index (χ0n) is 13.2. The number of carbonyl (C=O) groups is 1. The highest BCUT2D eigenvalue weighted by Gasteiger charge is 2.16. The summed E-state index contributed by atoms with van der Waals surface area (Å²) in [5.41, 5.74) is 7.37. The van der Waals surface area contributed by atoms with Crippen molar-refractivity contribution in [3.05, 3.63) is 48.2 Å². The quantitative estimate of drug-likeness (QED) is 0.698. The molecule has 1 aromatic carbocycles. The van der Waals surface area contributed by atoms with Gasteiger partial charge in [-0.3, -0.25) is 4.79 Å². The zero-order chi connectivity index (χ0) is 16.2. The molecule has 120 valence electrons. The molecule has 5 heteroatoms. The van der Waals surface area contributed by atoms with E-state index in [-0.39, 0.29) is 5.91 Å². The van der Waals surface area contributed by atoms with E-state index in [9.17, 15) is 4.79 Å². The van der Waals surface area contributed by atoms with E-state index in [0.29, 0.717) is 5.76 Å². The number of carbonyl (C=O) groups excluding carboxylic acids is 1. The van der Waals surface area contributed by atoms with Gasteiger partial charge in [-0.2, -0.15) is 0 Å². The first-order valence-electron chi connectivity index (χ1n) is 7.73. The molecular formula is C18H21N3O2. The second kappa shape index (κ2) is 6.71. The fourth-order valence-electron chi connectivity index (χ4n) is 2.53. The van der Waals surface area contributed by atoms with Crippen LogP contribution in [-0.4, -0.2) is 48.9 Å². The van der Waals surface area contributed by atoms with Gasteiger partial charge in [0.2, 0.25) is 5.91 Å². The van der Waals surface area contributed by atoms with Crippen molar-refractivity contribution in [3.63, 3.8) is 0 Å². The first-order chi connectivity index (χ1) is 11.1. The van der Waals surface area contributed by atoms with Crippen LogP contribution in [0.25, 0.3) is 17.4 Å². The van der Waals surface area contributed by atoms with E-state index in [1.54, 1.807) is 12.2 Å². The summed E-state index contributed by atoms with van der Waals surface area (Å²) in [6.45, 7) is 3.38. The summed E-state index contributed by atoms with van der Waals surface area (Å²) in [7, 11) is 2.07. The average Bonchev–Trinajstić information content (AvgIpc) is 3.03. The third-order valence-electron chi connectivity index (χ3n) is 4.03. The standard InChI is InChI=1S/C18H21N3O2/c1-20-10-12-21(13-11-20)18(22)9-7-16-6-8-17(23-16)14-2-4-15(19)5-3-14/h2-9H,10-13,19H2,1H3/b9-7+. The molecule has 0 saturated carbocycles. The number of nitrogen functional groups attached to an aromatic ring is 1. The molecule has 0 radical (unpaired) electrons. The molecule has 0 unspecified atom stereocenters. The molecule has 23 heavy (non-hydrogen) atoms. The molecule has 1 fully saturated rings. The molecule has 2 heterocycles. The first-order valence-corrected chi connectivity index (χ1v) is 7.73. The van der Waals surface area contributed by atoms with Crippen LogP contribution in [-0.2, 0) is 4.79 Å². The number of benzene rings is 1. The lowest BCUT2D eigenvalue weighted by atomic mass is 10.1. The SMILES string of the molecule is CN1CCN(C(=O)/C=C/c2ccc(-c3ccc(N)cc3)o2)CC1. The van der Waals surface area contributed by atoms with Gasteiger partial charge in [0.25, 0.3) is 0 Å². The van der Waals surface area contributed by atoms with Crippen molar-refractivity contribution in [2.24, 2.45) is 0 Å². The lowest BCUT2D eigenvalue weighted by Gasteiger charge is -2.31. The number of likely N-dealkylation sites (N-methyl/N-ethyl adjacent to an activating group) is 1. The predicted molar refractivity (Wildman–Crippen MR) is 91.7 cm³/mol. The Morgan fingerprint density at radius 3 is 2.48 bits per heavy atom. The Labute approximate surface area is 136 Å². The fourth-order valence-corrected chi connectivity index (χ4v) is 2.53. The molecule has 0 bridgehead atoms. The summed E-state index contributed by atoms with van der Waals surface area (Å²) < 4.78 is 5.76. The average molecular weight is 311 g/mol. The Morgan fingerprint density at radius 2 is 1.78 bits per heavy atom. The molecule has 0 aliphatic carbocycles. The molecular weight excluding hydrogens is 290 g/mol. The maximum atomic E-state index is 12.2. The van der Waals surface area contributed by atoms with Crippen LogP contribution in [0.5, 0.6) is 0 Å². The highest BCUT2D eigenvalue weighted by atomic mass is 16.3. The van der Waals surface area contributed by atoms with Gasteiger partial charge in [-0.05, 0) is 49.5 Å². The maximum absolute atomic E-state index is 12.2. The van der Waals surface area contributed by atoms with Crippen molar-refractivity contribution in [2.45, 2.75) is 0 Å². The van der Waals surface area contributed by atoms with Gasteiger partial charge < -0.3 is 20.0 Å². The van der Waals surface area contributed by atoms with E-state index in [4.69, 9.17) is 10.2 Å². The fraction of sp³-hybridized carbons (Fsp3) is 0.278. The van der Waals surface area contributed by atoms with Crippen LogP contribution >= 0.6 is 0 Å². The van der Waals surface area contributed by atoms with E-state index in [1.807, 2.05) is 41.3 Å². The third-order valence-corrected chi connectivity index (χ3v) is 4.03. The molecule has 2 aromatic rings. The van der Waals surface area contributed by atoms with E-state index in [1.165, 1.54) is 0 Å². The van der Waals surface area contributed by atoms with Crippen LogP contribution in [0.1, 0.15) is 5.76 Å². The van der Waals surface area contributed by atoms with Crippen LogP contribution in [0.3, 0.4) is 0 Å². The number of anilines is 1. The van der Waals surface area contributed by atoms with Gasteiger partial charge in [-0.1, -0.05) is 0 Å². The van der Waals surface area contributed by atoms with Crippen molar-refractivity contribution >= 4 is 17.7 Å². The van der Waals surface area contributed by atoms with E-state index in [0.717, 1.165) is 43.2 Å². The zero-order valence-corrected chi connectivity index (χ0v) is 13.2. The molecule has 1 aromatic heterocycles. The van der Waals surface area contributed by atoms with Gasteiger partial charge in [-0.25, -0.2) is 0 Å². The van der Waals surface area contributed by atoms with E-state index < -0.39 is 0 Å². The molecule has 5 nitrogen and oxygen atoms in total. The van der Waals surface area contributed by atoms with Gasteiger partial charge >= 0.3 is 0 Å². The van der Waals surface area contributed by atoms with Gasteiger partial charge in [-0.15, -0.1) is 0 Å². The molecule has 2 N–H and O–H groups in total. The van der Waals surface area contributed by atoms with Crippen molar-refractivity contribution < 1.29 is 9.21 Å². The Balaban J connectivity index is 1.64. The maximum Gasteiger partial charge on any atom is 0.246 e. The van der Waals surface area contributed by atoms with Crippen molar-refractivity contribution in [2.75, 3.05) is 39.0 Å². The minimum atomic E-state index is 0.0311. The van der Waals surface area contributed by atoms with Crippen LogP contribution in [0, 0.1) is 0 Å². The third kappa shape index (κ3) is 3.81. The second-order valence-electron chi connectivity index (χ2n) is 5.79. The number of piperazine rings is 1. The number of furan rings is 1. The smallest absolute Gasteiger partial charge is 0.246 e. The van der Waals surface area contributed by atoms with Crippen LogP contribution in [0.15, 0.2) is 46.9 Å². The largest absolute Gasteiger partial charge is 0.457 e. The number of hydrogen-bond acceptors (Lipinski definition) is 4. The van der Waals surface area contributed by atoms with Crippen LogP contribution < -0.4 is 5.73 Å². The van der Waals surface area contributed by atoms with Crippen LogP contribution in [0.2, 0.25) is 0 Å². The van der Waals surface area contributed by atoms with E-state index in [2.05, 4.69) is 11.9 Å². The summed E-state index contributed by atoms with van der Waals surface area (Å²) in [5, 5.41) is 0. The molecule has 1 saturated heterocycles. The molecule has 0 spiro atoms. The van der Waals surface area contributed by atoms with Gasteiger partial charge in [0.15, 0.2) is 0 Å². The molecule has 3 rings (SSSR count). The Hall–Kier alpha value is -2.53. The summed E-state index contributed by atoms with van der Waals surface area (Å²) in [6, 6.07) is 11.3. The molecule has 1 aliphatic rings. The lowest BCUT2D eigenvalue weighted by molar-refractivity contribution is -0.127. The topological polar surface area (TPSA) is 62.7 Å². The minimum Gasteiger partial charge on any atom is -0.457 e. The molecule has 1 amide bonds. The summed E-state index contributed by atoms with van der Waals surface area (Å²) in [4.78, 5) is 16.2. The number of rotatable bonds is 3. The van der Waals surface area contributed by atoms with E-state index >= 15 is 0 Å². The number of nitrogens with zero attached hydrogens (tertiary/aromatic N) is 2. The second-order valence-corrected chi connectivity index (χ2v) is 5.79. The number of hydrogen-bond donors (Lipinski definition) is 1. The van der Waals surface area contributed by atoms with Gasteiger partial charge in [0, 0.05) is 43.5 Å². The van der Waals surface area contributed by atoms with Crippen molar-refractivity contribution in [1.29, 1.82) is 0 Å². The van der Waals surface area contributed by atoms with Gasteiger partial charge in [0.05, 0.1) is 0 Å². The molecule has 1 aliphatic heterocycles. The highest BCUT2D eigenvalue weighted by molar-refractivity contribution is 5.91. The Morgan fingerprint density at radius 1 is 1.09 bits per heavy atom. The van der Waals surface area contributed by atoms with Crippen molar-refractivity contribution in [1.82, 2.24) is 9.80 Å². The first kappa shape index (κ1) is 15.4. The summed E-state index contributed by atoms with van der Waals surface area (Å²) in [6.07, 6.45) is 3.30.